The number of nitrogen functional groups attached to an aromatic ring is 1. The van der Waals surface area contributed by atoms with Crippen LogP contribution in [0.15, 0.2) is 36.7 Å². The molecule has 0 aliphatic rings. The van der Waals surface area contributed by atoms with E-state index in [-0.39, 0.29) is 0 Å². The maximum absolute atomic E-state index is 6.04. The first-order valence-corrected chi connectivity index (χ1v) is 4.91. The molecule has 0 atom stereocenters. The van der Waals surface area contributed by atoms with Gasteiger partial charge in [0.05, 0.1) is 14.2 Å². The summed E-state index contributed by atoms with van der Waals surface area (Å²) in [6, 6.07) is 7.49. The lowest BCUT2D eigenvalue weighted by atomic mass is 10.2. The van der Waals surface area contributed by atoms with Gasteiger partial charge in [-0.3, -0.25) is 0 Å². The molecule has 0 unspecified atom stereocenters. The summed E-state index contributed by atoms with van der Waals surface area (Å²) in [5, 5.41) is 0. The van der Waals surface area contributed by atoms with Gasteiger partial charge in [0.1, 0.15) is 22.9 Å². The molecule has 1 aromatic carbocycles. The molecular formula is C12H14N2O2. The number of nitrogens with zero attached hydrogens (tertiary/aromatic N) is 1. The zero-order valence-electron chi connectivity index (χ0n) is 9.31. The summed E-state index contributed by atoms with van der Waals surface area (Å²) in [5.74, 6) is 1.36. The predicted octanol–water partition coefficient (Wildman–Crippen LogP) is 2.08. The molecule has 4 nitrogen and oxygen atoms in total. The van der Waals surface area contributed by atoms with Crippen LogP contribution in [-0.4, -0.2) is 18.8 Å². The van der Waals surface area contributed by atoms with Gasteiger partial charge in [-0.2, -0.15) is 0 Å². The minimum Gasteiger partial charge on any atom is -0.495 e. The molecule has 0 amide bonds. The van der Waals surface area contributed by atoms with Crippen molar-refractivity contribution in [3.63, 3.8) is 0 Å². The zero-order chi connectivity index (χ0) is 11.5. The van der Waals surface area contributed by atoms with Gasteiger partial charge in [-0.15, -0.1) is 0 Å². The van der Waals surface area contributed by atoms with Crippen LogP contribution in [-0.2, 0) is 0 Å². The van der Waals surface area contributed by atoms with Gasteiger partial charge in [-0.05, 0) is 24.3 Å². The number of hydrogen-bond donors (Lipinski definition) is 1. The largest absolute Gasteiger partial charge is 0.495 e. The Hall–Kier alpha value is -2.10. The van der Waals surface area contributed by atoms with Crippen molar-refractivity contribution in [3.05, 3.63) is 36.7 Å². The highest BCUT2D eigenvalue weighted by Crippen LogP contribution is 2.35. The Morgan fingerprint density at radius 3 is 2.12 bits per heavy atom. The summed E-state index contributed by atoms with van der Waals surface area (Å²) in [5.41, 5.74) is 7.40. The monoisotopic (exact) mass is 218 g/mol. The standard InChI is InChI=1S/C12H14N2O2/c1-15-9-5-6-10(16-2)12(11(9)13)14-7-3-4-8-14/h3-8H,13H2,1-2H3. The molecule has 84 valence electrons. The van der Waals surface area contributed by atoms with Crippen molar-refractivity contribution in [1.82, 2.24) is 4.57 Å². The molecule has 0 aliphatic carbocycles. The molecule has 0 spiro atoms. The first kappa shape index (κ1) is 10.4. The van der Waals surface area contributed by atoms with Crippen molar-refractivity contribution in [2.75, 3.05) is 20.0 Å². The number of methoxy groups -OCH3 is 2. The second kappa shape index (κ2) is 4.18. The Bertz CT molecular complexity index is 478. The van der Waals surface area contributed by atoms with Gasteiger partial charge >= 0.3 is 0 Å². The van der Waals surface area contributed by atoms with Crippen molar-refractivity contribution >= 4 is 5.69 Å². The van der Waals surface area contributed by atoms with Crippen LogP contribution in [0.25, 0.3) is 5.69 Å². The molecule has 1 aromatic heterocycles. The summed E-state index contributed by atoms with van der Waals surface area (Å²) in [4.78, 5) is 0. The topological polar surface area (TPSA) is 49.4 Å². The third-order valence-electron chi connectivity index (χ3n) is 2.44. The molecular weight excluding hydrogens is 204 g/mol. The molecule has 0 aliphatic heterocycles. The smallest absolute Gasteiger partial charge is 0.145 e. The minimum absolute atomic E-state index is 0.568. The minimum atomic E-state index is 0.568. The van der Waals surface area contributed by atoms with Crippen molar-refractivity contribution < 1.29 is 9.47 Å². The highest BCUT2D eigenvalue weighted by atomic mass is 16.5. The first-order valence-electron chi connectivity index (χ1n) is 4.91. The summed E-state index contributed by atoms with van der Waals surface area (Å²) in [6.45, 7) is 0. The van der Waals surface area contributed by atoms with Gasteiger partial charge in [0, 0.05) is 12.4 Å². The highest BCUT2D eigenvalue weighted by Gasteiger charge is 2.12. The van der Waals surface area contributed by atoms with E-state index in [1.54, 1.807) is 20.3 Å². The van der Waals surface area contributed by atoms with Crippen LogP contribution in [0.3, 0.4) is 0 Å². The molecule has 2 N–H and O–H groups in total. The summed E-state index contributed by atoms with van der Waals surface area (Å²) >= 11 is 0. The molecule has 16 heavy (non-hydrogen) atoms. The molecule has 0 saturated heterocycles. The van der Waals surface area contributed by atoms with E-state index in [0.29, 0.717) is 11.4 Å². The fourth-order valence-electron chi connectivity index (χ4n) is 1.66. The molecule has 2 rings (SSSR count). The van der Waals surface area contributed by atoms with Crippen LogP contribution in [0.1, 0.15) is 0 Å². The second-order valence-corrected chi connectivity index (χ2v) is 3.32. The Labute approximate surface area is 94.2 Å². The molecule has 0 fully saturated rings. The number of nitrogens with two attached hydrogens (primary N) is 1. The van der Waals surface area contributed by atoms with Crippen molar-refractivity contribution in [1.29, 1.82) is 0 Å². The number of aromatic nitrogens is 1. The van der Waals surface area contributed by atoms with Crippen LogP contribution in [0.2, 0.25) is 0 Å². The fourth-order valence-corrected chi connectivity index (χ4v) is 1.66. The average Bonchev–Trinajstić information content (AvgIpc) is 2.81. The Balaban J connectivity index is 2.65. The van der Waals surface area contributed by atoms with E-state index in [1.807, 2.05) is 35.2 Å². The van der Waals surface area contributed by atoms with Gasteiger partial charge in [-0.25, -0.2) is 0 Å². The quantitative estimate of drug-likeness (QED) is 0.802. The maximum atomic E-state index is 6.04. The number of benzene rings is 1. The average molecular weight is 218 g/mol. The molecule has 0 saturated carbocycles. The molecule has 0 radical (unpaired) electrons. The van der Waals surface area contributed by atoms with Crippen molar-refractivity contribution in [2.45, 2.75) is 0 Å². The zero-order valence-corrected chi connectivity index (χ0v) is 9.31. The normalized spacial score (nSPS) is 10.1. The third kappa shape index (κ3) is 1.58. The van der Waals surface area contributed by atoms with E-state index >= 15 is 0 Å². The van der Waals surface area contributed by atoms with Gasteiger partial charge in [0.25, 0.3) is 0 Å². The van der Waals surface area contributed by atoms with Crippen LogP contribution in [0, 0.1) is 0 Å². The number of rotatable bonds is 3. The highest BCUT2D eigenvalue weighted by molar-refractivity contribution is 5.72. The third-order valence-corrected chi connectivity index (χ3v) is 2.44. The summed E-state index contributed by atoms with van der Waals surface area (Å²) in [6.07, 6.45) is 3.82. The van der Waals surface area contributed by atoms with E-state index in [0.717, 1.165) is 11.4 Å². The molecule has 4 heteroatoms. The van der Waals surface area contributed by atoms with Crippen LogP contribution < -0.4 is 15.2 Å². The Morgan fingerprint density at radius 1 is 1.00 bits per heavy atom. The predicted molar refractivity (Wildman–Crippen MR) is 63.3 cm³/mol. The van der Waals surface area contributed by atoms with Gasteiger partial charge in [0.2, 0.25) is 0 Å². The fraction of sp³-hybridized carbons (Fsp3) is 0.167. The van der Waals surface area contributed by atoms with E-state index < -0.39 is 0 Å². The van der Waals surface area contributed by atoms with Crippen LogP contribution in [0.5, 0.6) is 11.5 Å². The number of ether oxygens (including phenoxy) is 2. The number of anilines is 1. The maximum Gasteiger partial charge on any atom is 0.145 e. The van der Waals surface area contributed by atoms with E-state index in [9.17, 15) is 0 Å². The Kier molecular flexibility index (Phi) is 2.72. The molecule has 2 aromatic rings. The van der Waals surface area contributed by atoms with Crippen LogP contribution in [0.4, 0.5) is 5.69 Å². The molecule has 1 heterocycles. The van der Waals surface area contributed by atoms with Crippen LogP contribution >= 0.6 is 0 Å². The molecule has 0 bridgehead atoms. The summed E-state index contributed by atoms with van der Waals surface area (Å²) in [7, 11) is 3.21. The lowest BCUT2D eigenvalue weighted by molar-refractivity contribution is 0.403. The van der Waals surface area contributed by atoms with Crippen molar-refractivity contribution in [3.8, 4) is 17.2 Å². The number of hydrogen-bond acceptors (Lipinski definition) is 3. The van der Waals surface area contributed by atoms with E-state index in [1.165, 1.54) is 0 Å². The lowest BCUT2D eigenvalue weighted by Crippen LogP contribution is -2.03. The van der Waals surface area contributed by atoms with Gasteiger partial charge in [0.15, 0.2) is 0 Å². The first-order chi connectivity index (χ1) is 7.77. The summed E-state index contributed by atoms with van der Waals surface area (Å²) < 4.78 is 12.4. The van der Waals surface area contributed by atoms with E-state index in [4.69, 9.17) is 15.2 Å². The van der Waals surface area contributed by atoms with Gasteiger partial charge < -0.3 is 19.8 Å². The second-order valence-electron chi connectivity index (χ2n) is 3.32. The Morgan fingerprint density at radius 2 is 1.56 bits per heavy atom. The van der Waals surface area contributed by atoms with E-state index in [2.05, 4.69) is 0 Å². The SMILES string of the molecule is COc1ccc(OC)c(-n2cccc2)c1N. The van der Waals surface area contributed by atoms with Gasteiger partial charge in [-0.1, -0.05) is 0 Å². The lowest BCUT2D eigenvalue weighted by Gasteiger charge is -2.14. The van der Waals surface area contributed by atoms with Crippen molar-refractivity contribution in [2.24, 2.45) is 0 Å².